The summed E-state index contributed by atoms with van der Waals surface area (Å²) in [7, 11) is 0. The van der Waals surface area contributed by atoms with E-state index >= 15 is 0 Å². The number of piperidine rings is 1. The van der Waals surface area contributed by atoms with Crippen molar-refractivity contribution in [2.24, 2.45) is 5.41 Å². The molecule has 18 heavy (non-hydrogen) atoms. The number of hydrogen-bond acceptors (Lipinski definition) is 4. The van der Waals surface area contributed by atoms with Crippen LogP contribution in [0, 0.1) is 5.41 Å². The van der Waals surface area contributed by atoms with Gasteiger partial charge in [0, 0.05) is 0 Å². The molecule has 0 aromatic carbocycles. The van der Waals surface area contributed by atoms with E-state index in [2.05, 4.69) is 5.32 Å². The van der Waals surface area contributed by atoms with Gasteiger partial charge >= 0.3 is 6.16 Å². The Morgan fingerprint density at radius 3 is 2.50 bits per heavy atom. The number of nitrogens with one attached hydrogen (secondary N) is 1. The molecule has 1 atom stereocenters. The first-order chi connectivity index (χ1) is 8.39. The highest BCUT2D eigenvalue weighted by Gasteiger charge is 2.41. The Balaban J connectivity index is 1.80. The molecule has 0 unspecified atom stereocenters. The van der Waals surface area contributed by atoms with E-state index in [0.717, 1.165) is 25.9 Å². The lowest BCUT2D eigenvalue weighted by molar-refractivity contribution is -0.0279. The SMILES string of the molecule is CC(C)(C)OC(=O)O[C@H]1CCC2(CCNCC2)C1. The summed E-state index contributed by atoms with van der Waals surface area (Å²) in [5.41, 5.74) is -0.0555. The summed E-state index contributed by atoms with van der Waals surface area (Å²) in [6.45, 7) is 7.77. The molecular formula is C14H25NO3. The van der Waals surface area contributed by atoms with E-state index < -0.39 is 11.8 Å². The smallest absolute Gasteiger partial charge is 0.431 e. The molecule has 1 saturated heterocycles. The standard InChI is InChI=1S/C14H25NO3/c1-13(2,3)18-12(16)17-11-4-5-14(10-11)6-8-15-9-7-14/h11,15H,4-10H2,1-3H3/t11-/m0/s1. The van der Waals surface area contributed by atoms with E-state index in [1.807, 2.05) is 20.8 Å². The molecule has 1 spiro atoms. The minimum Gasteiger partial charge on any atom is -0.431 e. The molecule has 1 heterocycles. The average Bonchev–Trinajstić information content (AvgIpc) is 2.59. The van der Waals surface area contributed by atoms with Gasteiger partial charge in [-0.1, -0.05) is 0 Å². The zero-order valence-electron chi connectivity index (χ0n) is 11.8. The number of carbonyl (C=O) groups is 1. The largest absolute Gasteiger partial charge is 0.509 e. The van der Waals surface area contributed by atoms with Gasteiger partial charge in [0.05, 0.1) is 0 Å². The van der Waals surface area contributed by atoms with Gasteiger partial charge in [-0.2, -0.15) is 0 Å². The van der Waals surface area contributed by atoms with Crippen molar-refractivity contribution in [2.75, 3.05) is 13.1 Å². The lowest BCUT2D eigenvalue weighted by atomic mass is 9.77. The summed E-state index contributed by atoms with van der Waals surface area (Å²) >= 11 is 0. The van der Waals surface area contributed by atoms with E-state index in [1.54, 1.807) is 0 Å². The molecule has 2 rings (SSSR count). The quantitative estimate of drug-likeness (QED) is 0.732. The summed E-state index contributed by atoms with van der Waals surface area (Å²) in [6, 6.07) is 0. The Morgan fingerprint density at radius 1 is 1.22 bits per heavy atom. The molecule has 0 amide bonds. The first-order valence-corrected chi connectivity index (χ1v) is 6.99. The van der Waals surface area contributed by atoms with E-state index in [4.69, 9.17) is 9.47 Å². The third-order valence-corrected chi connectivity index (χ3v) is 3.97. The van der Waals surface area contributed by atoms with Crippen molar-refractivity contribution in [3.63, 3.8) is 0 Å². The van der Waals surface area contributed by atoms with Gasteiger partial charge in [-0.25, -0.2) is 4.79 Å². The molecule has 2 aliphatic rings. The molecule has 0 aromatic rings. The highest BCUT2D eigenvalue weighted by atomic mass is 16.7. The molecule has 104 valence electrons. The summed E-state index contributed by atoms with van der Waals surface area (Å²) in [5.74, 6) is 0. The summed E-state index contributed by atoms with van der Waals surface area (Å²) < 4.78 is 10.6. The first-order valence-electron chi connectivity index (χ1n) is 6.99. The average molecular weight is 255 g/mol. The van der Waals surface area contributed by atoms with Crippen LogP contribution < -0.4 is 5.32 Å². The Bertz CT molecular complexity index is 303. The Labute approximate surface area is 109 Å². The molecule has 0 radical (unpaired) electrons. The molecule has 4 nitrogen and oxygen atoms in total. The van der Waals surface area contributed by atoms with Crippen molar-refractivity contribution < 1.29 is 14.3 Å². The predicted octanol–water partition coefficient (Wildman–Crippen LogP) is 2.86. The van der Waals surface area contributed by atoms with Crippen LogP contribution >= 0.6 is 0 Å². The maximum absolute atomic E-state index is 11.6. The van der Waals surface area contributed by atoms with Crippen LogP contribution in [0.15, 0.2) is 0 Å². The highest BCUT2D eigenvalue weighted by molar-refractivity contribution is 5.60. The van der Waals surface area contributed by atoms with Crippen LogP contribution in [0.4, 0.5) is 4.79 Å². The Hall–Kier alpha value is -0.770. The third kappa shape index (κ3) is 3.61. The van der Waals surface area contributed by atoms with Gasteiger partial charge in [0.25, 0.3) is 0 Å². The maximum Gasteiger partial charge on any atom is 0.509 e. The van der Waals surface area contributed by atoms with E-state index in [0.29, 0.717) is 5.41 Å². The zero-order valence-corrected chi connectivity index (χ0v) is 11.8. The fourth-order valence-electron chi connectivity index (χ4n) is 3.08. The fraction of sp³-hybridized carbons (Fsp3) is 0.929. The Kier molecular flexibility index (Phi) is 3.85. The van der Waals surface area contributed by atoms with Crippen LogP contribution in [0.2, 0.25) is 0 Å². The number of ether oxygens (including phenoxy) is 2. The maximum atomic E-state index is 11.6. The van der Waals surface area contributed by atoms with Gasteiger partial charge < -0.3 is 14.8 Å². The second-order valence-electron chi connectivity index (χ2n) is 6.70. The van der Waals surface area contributed by atoms with Gasteiger partial charge in [0.2, 0.25) is 0 Å². The molecule has 1 aliphatic heterocycles. The van der Waals surface area contributed by atoms with Crippen LogP contribution in [-0.4, -0.2) is 30.9 Å². The topological polar surface area (TPSA) is 47.6 Å². The number of carbonyl (C=O) groups excluding carboxylic acids is 1. The zero-order chi connectivity index (χ0) is 13.2. The van der Waals surface area contributed by atoms with Gasteiger partial charge in [-0.15, -0.1) is 0 Å². The number of rotatable bonds is 1. The lowest BCUT2D eigenvalue weighted by Crippen LogP contribution is -2.35. The third-order valence-electron chi connectivity index (χ3n) is 3.97. The monoisotopic (exact) mass is 255 g/mol. The summed E-state index contributed by atoms with van der Waals surface area (Å²) in [6.07, 6.45) is 5.13. The predicted molar refractivity (Wildman–Crippen MR) is 69.5 cm³/mol. The lowest BCUT2D eigenvalue weighted by Gasteiger charge is -2.33. The molecule has 1 N–H and O–H groups in total. The number of hydrogen-bond donors (Lipinski definition) is 1. The van der Waals surface area contributed by atoms with Crippen molar-refractivity contribution in [3.05, 3.63) is 0 Å². The van der Waals surface area contributed by atoms with Crippen molar-refractivity contribution in [1.82, 2.24) is 5.32 Å². The van der Waals surface area contributed by atoms with Gasteiger partial charge in [0.1, 0.15) is 11.7 Å². The van der Waals surface area contributed by atoms with Crippen molar-refractivity contribution in [2.45, 2.75) is 64.6 Å². The molecule has 2 fully saturated rings. The molecule has 4 heteroatoms. The minimum atomic E-state index is -0.515. The van der Waals surface area contributed by atoms with Crippen molar-refractivity contribution in [1.29, 1.82) is 0 Å². The minimum absolute atomic E-state index is 0.0537. The normalized spacial score (nSPS) is 27.2. The van der Waals surface area contributed by atoms with Crippen molar-refractivity contribution >= 4 is 6.16 Å². The van der Waals surface area contributed by atoms with Gasteiger partial charge in [-0.05, 0) is 71.4 Å². The molecule has 0 aromatic heterocycles. The molecular weight excluding hydrogens is 230 g/mol. The van der Waals surface area contributed by atoms with Crippen LogP contribution in [0.5, 0.6) is 0 Å². The second kappa shape index (κ2) is 5.08. The Morgan fingerprint density at radius 2 is 1.89 bits per heavy atom. The summed E-state index contributed by atoms with van der Waals surface area (Å²) in [4.78, 5) is 11.6. The first kappa shape index (κ1) is 13.7. The van der Waals surface area contributed by atoms with Crippen LogP contribution in [0.1, 0.15) is 52.9 Å². The van der Waals surface area contributed by atoms with Crippen LogP contribution in [0.3, 0.4) is 0 Å². The van der Waals surface area contributed by atoms with E-state index in [9.17, 15) is 4.79 Å². The van der Waals surface area contributed by atoms with E-state index in [1.165, 1.54) is 19.3 Å². The fourth-order valence-corrected chi connectivity index (χ4v) is 3.08. The van der Waals surface area contributed by atoms with E-state index in [-0.39, 0.29) is 6.10 Å². The van der Waals surface area contributed by atoms with Crippen molar-refractivity contribution in [3.8, 4) is 0 Å². The van der Waals surface area contributed by atoms with Gasteiger partial charge in [-0.3, -0.25) is 0 Å². The van der Waals surface area contributed by atoms with Crippen LogP contribution in [0.25, 0.3) is 0 Å². The second-order valence-corrected chi connectivity index (χ2v) is 6.70. The summed E-state index contributed by atoms with van der Waals surface area (Å²) in [5, 5.41) is 3.39. The van der Waals surface area contributed by atoms with Gasteiger partial charge in [0.15, 0.2) is 0 Å². The molecule has 0 bridgehead atoms. The molecule has 1 aliphatic carbocycles. The highest BCUT2D eigenvalue weighted by Crippen LogP contribution is 2.46. The molecule has 1 saturated carbocycles. The van der Waals surface area contributed by atoms with Crippen LogP contribution in [-0.2, 0) is 9.47 Å².